The largest absolute Gasteiger partial charge is 0.295 e. The summed E-state index contributed by atoms with van der Waals surface area (Å²) in [6.07, 6.45) is 0.343. The van der Waals surface area contributed by atoms with Crippen LogP contribution in [0.5, 0.6) is 0 Å². The van der Waals surface area contributed by atoms with Gasteiger partial charge in [-0.25, -0.2) is 4.99 Å². The van der Waals surface area contributed by atoms with Crippen LogP contribution in [0.4, 0.5) is 5.69 Å². The van der Waals surface area contributed by atoms with Gasteiger partial charge in [-0.15, -0.1) is 0 Å². The van der Waals surface area contributed by atoms with Gasteiger partial charge in [0.25, 0.3) is 5.91 Å². The molecule has 2 amide bonds. The highest BCUT2D eigenvalue weighted by molar-refractivity contribution is 6.06. The molecular weight excluding hydrogens is 220 g/mol. The maximum absolute atomic E-state index is 11.9. The SMILES string of the molecule is O=C1CCN2NC(=O)c3ccccc3N=C2N1. The van der Waals surface area contributed by atoms with Crippen molar-refractivity contribution in [2.75, 3.05) is 6.54 Å². The first-order valence-electron chi connectivity index (χ1n) is 5.30. The molecule has 0 atom stereocenters. The third-order valence-electron chi connectivity index (χ3n) is 2.68. The van der Waals surface area contributed by atoms with Gasteiger partial charge in [0.15, 0.2) is 0 Å². The molecule has 2 aliphatic rings. The maximum atomic E-state index is 11.9. The molecule has 1 aromatic rings. The topological polar surface area (TPSA) is 73.8 Å². The maximum Gasteiger partial charge on any atom is 0.272 e. The number of nitrogens with one attached hydrogen (secondary N) is 2. The van der Waals surface area contributed by atoms with Crippen LogP contribution in [-0.4, -0.2) is 29.3 Å². The van der Waals surface area contributed by atoms with E-state index in [0.29, 0.717) is 30.2 Å². The minimum absolute atomic E-state index is 0.0892. The molecule has 0 bridgehead atoms. The molecule has 6 nitrogen and oxygen atoms in total. The van der Waals surface area contributed by atoms with Crippen molar-refractivity contribution in [1.82, 2.24) is 15.8 Å². The Balaban J connectivity index is 2.08. The Kier molecular flexibility index (Phi) is 2.07. The number of carbonyl (C=O) groups excluding carboxylic acids is 2. The highest BCUT2D eigenvalue weighted by atomic mass is 16.2. The zero-order valence-corrected chi connectivity index (χ0v) is 8.93. The van der Waals surface area contributed by atoms with Crippen molar-refractivity contribution in [3.8, 4) is 0 Å². The fourth-order valence-corrected chi connectivity index (χ4v) is 1.83. The van der Waals surface area contributed by atoms with Gasteiger partial charge in [0.05, 0.1) is 17.8 Å². The van der Waals surface area contributed by atoms with E-state index < -0.39 is 0 Å². The predicted octanol–water partition coefficient (Wildman–Crippen LogP) is 0.154. The summed E-state index contributed by atoms with van der Waals surface area (Å²) in [5.74, 6) is 0.0729. The Hall–Kier alpha value is -2.37. The summed E-state index contributed by atoms with van der Waals surface area (Å²) in [6, 6.07) is 7.03. The number of carbonyl (C=O) groups is 2. The summed E-state index contributed by atoms with van der Waals surface area (Å²) in [6.45, 7) is 0.435. The lowest BCUT2D eigenvalue weighted by Gasteiger charge is -2.28. The molecule has 0 aliphatic carbocycles. The van der Waals surface area contributed by atoms with E-state index in [0.717, 1.165) is 0 Å². The molecule has 0 spiro atoms. The van der Waals surface area contributed by atoms with Crippen molar-refractivity contribution in [3.63, 3.8) is 0 Å². The van der Waals surface area contributed by atoms with E-state index in [1.54, 1.807) is 29.3 Å². The molecule has 6 heteroatoms. The van der Waals surface area contributed by atoms with Crippen LogP contribution >= 0.6 is 0 Å². The molecule has 0 radical (unpaired) electrons. The summed E-state index contributed by atoms with van der Waals surface area (Å²) in [7, 11) is 0. The summed E-state index contributed by atoms with van der Waals surface area (Å²) >= 11 is 0. The fourth-order valence-electron chi connectivity index (χ4n) is 1.83. The second-order valence-corrected chi connectivity index (χ2v) is 3.84. The minimum Gasteiger partial charge on any atom is -0.295 e. The van der Waals surface area contributed by atoms with Gasteiger partial charge in [0, 0.05) is 6.42 Å². The number of nitrogens with zero attached hydrogens (tertiary/aromatic N) is 2. The molecule has 86 valence electrons. The second kappa shape index (κ2) is 3.58. The first-order chi connectivity index (χ1) is 8.24. The summed E-state index contributed by atoms with van der Waals surface area (Å²) in [4.78, 5) is 27.5. The van der Waals surface area contributed by atoms with E-state index in [-0.39, 0.29) is 11.8 Å². The van der Waals surface area contributed by atoms with Gasteiger partial charge in [-0.2, -0.15) is 0 Å². The van der Waals surface area contributed by atoms with Crippen LogP contribution in [0.25, 0.3) is 0 Å². The third-order valence-corrected chi connectivity index (χ3v) is 2.68. The highest BCUT2D eigenvalue weighted by Crippen LogP contribution is 2.21. The van der Waals surface area contributed by atoms with E-state index in [4.69, 9.17) is 0 Å². The average Bonchev–Trinajstić information content (AvgIpc) is 2.46. The molecule has 1 aromatic carbocycles. The molecule has 0 unspecified atom stereocenters. The Morgan fingerprint density at radius 3 is 2.94 bits per heavy atom. The smallest absolute Gasteiger partial charge is 0.272 e. The highest BCUT2D eigenvalue weighted by Gasteiger charge is 2.27. The van der Waals surface area contributed by atoms with Crippen molar-refractivity contribution in [2.24, 2.45) is 4.99 Å². The number of hydrazine groups is 1. The third kappa shape index (κ3) is 1.63. The number of guanidine groups is 1. The van der Waals surface area contributed by atoms with E-state index in [2.05, 4.69) is 15.7 Å². The molecule has 1 saturated heterocycles. The van der Waals surface area contributed by atoms with Gasteiger partial charge in [-0.3, -0.25) is 25.3 Å². The minimum atomic E-state index is -0.213. The second-order valence-electron chi connectivity index (χ2n) is 3.84. The van der Waals surface area contributed by atoms with Crippen molar-refractivity contribution in [1.29, 1.82) is 0 Å². The number of benzene rings is 1. The zero-order chi connectivity index (χ0) is 11.8. The van der Waals surface area contributed by atoms with E-state index >= 15 is 0 Å². The van der Waals surface area contributed by atoms with E-state index in [9.17, 15) is 9.59 Å². The number of hydrogen-bond donors (Lipinski definition) is 2. The van der Waals surface area contributed by atoms with Crippen LogP contribution in [-0.2, 0) is 4.79 Å². The molecule has 3 rings (SSSR count). The quantitative estimate of drug-likeness (QED) is 0.666. The van der Waals surface area contributed by atoms with Crippen LogP contribution in [0.15, 0.2) is 29.3 Å². The predicted molar refractivity (Wildman–Crippen MR) is 60.5 cm³/mol. The molecule has 2 aliphatic heterocycles. The van der Waals surface area contributed by atoms with Gasteiger partial charge in [0.1, 0.15) is 0 Å². The Morgan fingerprint density at radius 2 is 2.06 bits per heavy atom. The summed E-state index contributed by atoms with van der Waals surface area (Å²) < 4.78 is 0. The molecule has 2 N–H and O–H groups in total. The lowest BCUT2D eigenvalue weighted by molar-refractivity contribution is -0.121. The molecule has 2 heterocycles. The van der Waals surface area contributed by atoms with Gasteiger partial charge >= 0.3 is 0 Å². The number of hydrogen-bond acceptors (Lipinski definition) is 4. The number of para-hydroxylation sites is 1. The number of rotatable bonds is 0. The van der Waals surface area contributed by atoms with Crippen molar-refractivity contribution in [2.45, 2.75) is 6.42 Å². The molecule has 1 fully saturated rings. The molecule has 0 saturated carbocycles. The Labute approximate surface area is 97.3 Å². The fraction of sp³-hybridized carbons (Fsp3) is 0.182. The normalized spacial score (nSPS) is 18.4. The lowest BCUT2D eigenvalue weighted by atomic mass is 10.2. The van der Waals surface area contributed by atoms with Crippen LogP contribution < -0.4 is 10.7 Å². The Morgan fingerprint density at radius 1 is 1.24 bits per heavy atom. The van der Waals surface area contributed by atoms with Gasteiger partial charge < -0.3 is 0 Å². The molecule has 0 aromatic heterocycles. The van der Waals surface area contributed by atoms with Crippen LogP contribution in [0.1, 0.15) is 16.8 Å². The van der Waals surface area contributed by atoms with E-state index in [1.807, 2.05) is 0 Å². The van der Waals surface area contributed by atoms with Crippen molar-refractivity contribution in [3.05, 3.63) is 29.8 Å². The first kappa shape index (κ1) is 9.83. The summed E-state index contributed by atoms with van der Waals surface area (Å²) in [5, 5.41) is 4.20. The number of aliphatic imine (C=N–C) groups is 1. The monoisotopic (exact) mass is 230 g/mol. The molecular formula is C11H10N4O2. The number of fused-ring (bicyclic) bond motifs is 2. The standard InChI is InChI=1S/C11H10N4O2/c16-9-5-6-15-11(13-9)12-8-4-2-1-3-7(8)10(17)14-15/h1-4H,5-6H2,(H,14,17)(H,12,13,16). The van der Waals surface area contributed by atoms with Crippen LogP contribution in [0.3, 0.4) is 0 Å². The lowest BCUT2D eigenvalue weighted by Crippen LogP contribution is -2.56. The first-order valence-corrected chi connectivity index (χ1v) is 5.30. The zero-order valence-electron chi connectivity index (χ0n) is 8.93. The summed E-state index contributed by atoms with van der Waals surface area (Å²) in [5.41, 5.74) is 3.77. The average molecular weight is 230 g/mol. The number of amides is 2. The van der Waals surface area contributed by atoms with Gasteiger partial charge in [0.2, 0.25) is 11.9 Å². The van der Waals surface area contributed by atoms with Crippen molar-refractivity contribution < 1.29 is 9.59 Å². The van der Waals surface area contributed by atoms with Crippen LogP contribution in [0, 0.1) is 0 Å². The Bertz CT molecular complexity index is 538. The van der Waals surface area contributed by atoms with Gasteiger partial charge in [-0.1, -0.05) is 12.1 Å². The van der Waals surface area contributed by atoms with Crippen LogP contribution in [0.2, 0.25) is 0 Å². The van der Waals surface area contributed by atoms with Gasteiger partial charge in [-0.05, 0) is 12.1 Å². The van der Waals surface area contributed by atoms with Crippen molar-refractivity contribution >= 4 is 23.5 Å². The van der Waals surface area contributed by atoms with E-state index in [1.165, 1.54) is 0 Å². The molecule has 17 heavy (non-hydrogen) atoms.